The second kappa shape index (κ2) is 6.34. The van der Waals surface area contributed by atoms with Gasteiger partial charge in [0.05, 0.1) is 0 Å². The highest BCUT2D eigenvalue weighted by atomic mass is 16.5. The van der Waals surface area contributed by atoms with E-state index in [1.54, 1.807) is 0 Å². The van der Waals surface area contributed by atoms with Crippen molar-refractivity contribution in [1.82, 2.24) is 4.90 Å². The normalized spacial score (nSPS) is 23.2. The summed E-state index contributed by atoms with van der Waals surface area (Å²) >= 11 is 0. The van der Waals surface area contributed by atoms with E-state index < -0.39 is 0 Å². The van der Waals surface area contributed by atoms with Gasteiger partial charge in [-0.05, 0) is 37.5 Å². The second-order valence-corrected chi connectivity index (χ2v) is 6.58. The van der Waals surface area contributed by atoms with E-state index in [4.69, 9.17) is 10.5 Å². The van der Waals surface area contributed by atoms with Crippen LogP contribution in [0.3, 0.4) is 0 Å². The molecule has 2 aliphatic rings. The standard InChI is InChI=1S/C17H27N3O/c1-15-3-2-4-16(13-15)20-9-7-19(8-10-20)14-17(18)5-11-21-12-6-17/h2-4,13H,5-12,14,18H2,1H3. The molecule has 0 radical (unpaired) electrons. The van der Waals surface area contributed by atoms with Crippen LogP contribution in [0.2, 0.25) is 0 Å². The maximum Gasteiger partial charge on any atom is 0.0484 e. The zero-order chi connectivity index (χ0) is 14.7. The largest absolute Gasteiger partial charge is 0.381 e. The van der Waals surface area contributed by atoms with Crippen LogP contribution in [0, 0.1) is 6.92 Å². The summed E-state index contributed by atoms with van der Waals surface area (Å²) in [6.07, 6.45) is 1.98. The summed E-state index contributed by atoms with van der Waals surface area (Å²) in [6, 6.07) is 8.79. The Morgan fingerprint density at radius 3 is 2.52 bits per heavy atom. The molecule has 0 amide bonds. The molecule has 4 nitrogen and oxygen atoms in total. The zero-order valence-electron chi connectivity index (χ0n) is 13.1. The van der Waals surface area contributed by atoms with Crippen molar-refractivity contribution in [3.63, 3.8) is 0 Å². The quantitative estimate of drug-likeness (QED) is 0.918. The van der Waals surface area contributed by atoms with Crippen LogP contribution in [0.15, 0.2) is 24.3 Å². The van der Waals surface area contributed by atoms with Crippen molar-refractivity contribution in [2.75, 3.05) is 50.8 Å². The Hall–Kier alpha value is -1.10. The third-order valence-corrected chi connectivity index (χ3v) is 4.77. The van der Waals surface area contributed by atoms with E-state index in [-0.39, 0.29) is 5.54 Å². The number of ether oxygens (including phenoxy) is 1. The first-order chi connectivity index (χ1) is 10.1. The zero-order valence-corrected chi connectivity index (χ0v) is 13.1. The minimum atomic E-state index is -0.0379. The minimum Gasteiger partial charge on any atom is -0.381 e. The van der Waals surface area contributed by atoms with Gasteiger partial charge in [-0.1, -0.05) is 12.1 Å². The lowest BCUT2D eigenvalue weighted by Crippen LogP contribution is -2.57. The van der Waals surface area contributed by atoms with Crippen LogP contribution < -0.4 is 10.6 Å². The molecule has 116 valence electrons. The Kier molecular flexibility index (Phi) is 4.48. The predicted octanol–water partition coefficient (Wildman–Crippen LogP) is 1.62. The number of hydrogen-bond acceptors (Lipinski definition) is 4. The topological polar surface area (TPSA) is 41.7 Å². The van der Waals surface area contributed by atoms with Crippen LogP contribution in [-0.2, 0) is 4.74 Å². The molecule has 0 saturated carbocycles. The van der Waals surface area contributed by atoms with Crippen LogP contribution in [-0.4, -0.2) is 56.4 Å². The van der Waals surface area contributed by atoms with Crippen LogP contribution in [0.5, 0.6) is 0 Å². The van der Waals surface area contributed by atoms with Crippen molar-refractivity contribution in [3.05, 3.63) is 29.8 Å². The Morgan fingerprint density at radius 2 is 1.86 bits per heavy atom. The highest BCUT2D eigenvalue weighted by molar-refractivity contribution is 5.48. The van der Waals surface area contributed by atoms with E-state index in [2.05, 4.69) is 41.0 Å². The molecule has 2 saturated heterocycles. The molecule has 0 bridgehead atoms. The number of anilines is 1. The predicted molar refractivity (Wildman–Crippen MR) is 86.8 cm³/mol. The van der Waals surface area contributed by atoms with Gasteiger partial charge < -0.3 is 15.4 Å². The van der Waals surface area contributed by atoms with Gasteiger partial charge in [-0.15, -0.1) is 0 Å². The number of rotatable bonds is 3. The molecule has 4 heteroatoms. The summed E-state index contributed by atoms with van der Waals surface area (Å²) in [5.41, 5.74) is 9.16. The van der Waals surface area contributed by atoms with Crippen LogP contribution in [0.25, 0.3) is 0 Å². The molecule has 1 aromatic rings. The average Bonchev–Trinajstić information content (AvgIpc) is 2.48. The SMILES string of the molecule is Cc1cccc(N2CCN(CC3(N)CCOCC3)CC2)c1. The van der Waals surface area contributed by atoms with Gasteiger partial charge in [0.1, 0.15) is 0 Å². The van der Waals surface area contributed by atoms with Crippen LogP contribution >= 0.6 is 0 Å². The molecule has 0 spiro atoms. The van der Waals surface area contributed by atoms with Gasteiger partial charge in [-0.3, -0.25) is 4.90 Å². The number of nitrogens with zero attached hydrogens (tertiary/aromatic N) is 2. The van der Waals surface area contributed by atoms with Crippen molar-refractivity contribution >= 4 is 5.69 Å². The van der Waals surface area contributed by atoms with Crippen molar-refractivity contribution in [3.8, 4) is 0 Å². The fraction of sp³-hybridized carbons (Fsp3) is 0.647. The lowest BCUT2D eigenvalue weighted by atomic mass is 9.90. The third kappa shape index (κ3) is 3.76. The van der Waals surface area contributed by atoms with Crippen molar-refractivity contribution < 1.29 is 4.74 Å². The van der Waals surface area contributed by atoms with Crippen molar-refractivity contribution in [2.45, 2.75) is 25.3 Å². The van der Waals surface area contributed by atoms with Gasteiger partial charge in [0.15, 0.2) is 0 Å². The van der Waals surface area contributed by atoms with Crippen LogP contribution in [0.1, 0.15) is 18.4 Å². The Labute approximate surface area is 127 Å². The summed E-state index contributed by atoms with van der Waals surface area (Å²) in [4.78, 5) is 5.01. The lowest BCUT2D eigenvalue weighted by molar-refractivity contribution is 0.0369. The van der Waals surface area contributed by atoms with E-state index in [1.807, 2.05) is 0 Å². The summed E-state index contributed by atoms with van der Waals surface area (Å²) in [7, 11) is 0. The van der Waals surface area contributed by atoms with Crippen molar-refractivity contribution in [2.24, 2.45) is 5.73 Å². The fourth-order valence-corrected chi connectivity index (χ4v) is 3.37. The highest BCUT2D eigenvalue weighted by Gasteiger charge is 2.31. The maximum atomic E-state index is 6.52. The molecule has 1 aromatic carbocycles. The van der Waals surface area contributed by atoms with E-state index in [9.17, 15) is 0 Å². The monoisotopic (exact) mass is 289 g/mol. The summed E-state index contributed by atoms with van der Waals surface area (Å²) in [6.45, 7) is 9.20. The second-order valence-electron chi connectivity index (χ2n) is 6.58. The number of piperazine rings is 1. The number of benzene rings is 1. The Morgan fingerprint density at radius 1 is 1.14 bits per heavy atom. The molecule has 0 aliphatic carbocycles. The molecule has 3 rings (SSSR count). The maximum absolute atomic E-state index is 6.52. The highest BCUT2D eigenvalue weighted by Crippen LogP contribution is 2.22. The lowest BCUT2D eigenvalue weighted by Gasteiger charge is -2.42. The molecule has 0 aromatic heterocycles. The van der Waals surface area contributed by atoms with Gasteiger partial charge in [0, 0.05) is 57.2 Å². The molecule has 2 N–H and O–H groups in total. The van der Waals surface area contributed by atoms with Gasteiger partial charge in [0.2, 0.25) is 0 Å². The van der Waals surface area contributed by atoms with Crippen LogP contribution in [0.4, 0.5) is 5.69 Å². The molecule has 0 atom stereocenters. The minimum absolute atomic E-state index is 0.0379. The van der Waals surface area contributed by atoms with Gasteiger partial charge >= 0.3 is 0 Å². The summed E-state index contributed by atoms with van der Waals surface area (Å²) in [5, 5.41) is 0. The first kappa shape index (κ1) is 14.8. The molecule has 2 heterocycles. The number of hydrogen-bond donors (Lipinski definition) is 1. The summed E-state index contributed by atoms with van der Waals surface area (Å²) in [5.74, 6) is 0. The van der Waals surface area contributed by atoms with Crippen molar-refractivity contribution in [1.29, 1.82) is 0 Å². The number of nitrogens with two attached hydrogens (primary N) is 1. The molecule has 0 unspecified atom stereocenters. The van der Waals surface area contributed by atoms with E-state index in [0.29, 0.717) is 0 Å². The van der Waals surface area contributed by atoms with E-state index in [1.165, 1.54) is 11.3 Å². The first-order valence-electron chi connectivity index (χ1n) is 8.05. The fourth-order valence-electron chi connectivity index (χ4n) is 3.37. The average molecular weight is 289 g/mol. The summed E-state index contributed by atoms with van der Waals surface area (Å²) < 4.78 is 5.43. The Bertz CT molecular complexity index is 463. The first-order valence-corrected chi connectivity index (χ1v) is 8.05. The van der Waals surface area contributed by atoms with E-state index >= 15 is 0 Å². The van der Waals surface area contributed by atoms with Gasteiger partial charge in [-0.2, -0.15) is 0 Å². The van der Waals surface area contributed by atoms with Gasteiger partial charge in [0.25, 0.3) is 0 Å². The Balaban J connectivity index is 1.53. The molecular formula is C17H27N3O. The molecule has 21 heavy (non-hydrogen) atoms. The van der Waals surface area contributed by atoms with E-state index in [0.717, 1.165) is 58.8 Å². The number of aryl methyl sites for hydroxylation is 1. The molecule has 2 fully saturated rings. The molecular weight excluding hydrogens is 262 g/mol. The molecule has 2 aliphatic heterocycles. The van der Waals surface area contributed by atoms with Gasteiger partial charge in [-0.25, -0.2) is 0 Å². The third-order valence-electron chi connectivity index (χ3n) is 4.77. The smallest absolute Gasteiger partial charge is 0.0484 e.